The van der Waals surface area contributed by atoms with Gasteiger partial charge in [-0.3, -0.25) is 9.36 Å². The van der Waals surface area contributed by atoms with Crippen LogP contribution >= 0.6 is 11.3 Å². The summed E-state index contributed by atoms with van der Waals surface area (Å²) in [5.74, 6) is 0.677. The van der Waals surface area contributed by atoms with Gasteiger partial charge in [-0.05, 0) is 32.9 Å². The minimum absolute atomic E-state index is 0.0324. The average molecular weight is 374 g/mol. The molecule has 0 bridgehead atoms. The van der Waals surface area contributed by atoms with E-state index in [1.54, 1.807) is 39.2 Å². The molecule has 0 saturated heterocycles. The molecular weight excluding hydrogens is 352 g/mol. The molecule has 0 aliphatic rings. The van der Waals surface area contributed by atoms with Crippen LogP contribution in [0.3, 0.4) is 0 Å². The number of furan rings is 1. The van der Waals surface area contributed by atoms with E-state index in [9.17, 15) is 9.59 Å². The summed E-state index contributed by atoms with van der Waals surface area (Å²) in [6, 6.07) is 3.58. The molecule has 0 fully saturated rings. The summed E-state index contributed by atoms with van der Waals surface area (Å²) in [5.41, 5.74) is -0.739. The van der Waals surface area contributed by atoms with Crippen molar-refractivity contribution in [2.45, 2.75) is 46.1 Å². The number of fused-ring (bicyclic) bond motifs is 1. The van der Waals surface area contributed by atoms with Gasteiger partial charge < -0.3 is 9.15 Å². The van der Waals surface area contributed by atoms with E-state index in [-0.39, 0.29) is 18.1 Å². The lowest BCUT2D eigenvalue weighted by Crippen LogP contribution is -2.46. The zero-order chi connectivity index (χ0) is 19.1. The van der Waals surface area contributed by atoms with Crippen LogP contribution in [0.1, 0.15) is 46.4 Å². The van der Waals surface area contributed by atoms with E-state index >= 15 is 0 Å². The quantitative estimate of drug-likeness (QED) is 0.628. The van der Waals surface area contributed by atoms with Gasteiger partial charge >= 0.3 is 5.97 Å². The maximum Gasteiger partial charge on any atom is 0.331 e. The van der Waals surface area contributed by atoms with Crippen molar-refractivity contribution < 1.29 is 13.9 Å². The number of ether oxygens (including phenoxy) is 1. The van der Waals surface area contributed by atoms with E-state index in [1.165, 1.54) is 15.9 Å². The Morgan fingerprint density at radius 3 is 2.73 bits per heavy atom. The van der Waals surface area contributed by atoms with Crippen molar-refractivity contribution in [1.82, 2.24) is 9.55 Å². The van der Waals surface area contributed by atoms with Crippen LogP contribution in [0.15, 0.2) is 33.0 Å². The number of rotatable bonds is 5. The Balaban J connectivity index is 2.35. The van der Waals surface area contributed by atoms with Crippen LogP contribution in [0.4, 0.5) is 0 Å². The Hall–Kier alpha value is -2.41. The molecule has 0 aliphatic carbocycles. The minimum atomic E-state index is -1.17. The Morgan fingerprint density at radius 2 is 2.15 bits per heavy atom. The maximum absolute atomic E-state index is 13.5. The third-order valence-electron chi connectivity index (χ3n) is 4.27. The molecule has 0 atom stereocenters. The van der Waals surface area contributed by atoms with Crippen LogP contribution in [-0.2, 0) is 15.1 Å². The van der Waals surface area contributed by atoms with Crippen molar-refractivity contribution in [3.8, 4) is 11.3 Å². The van der Waals surface area contributed by atoms with Crippen molar-refractivity contribution in [2.24, 2.45) is 0 Å². The van der Waals surface area contributed by atoms with E-state index in [1.807, 2.05) is 19.2 Å². The summed E-state index contributed by atoms with van der Waals surface area (Å²) in [4.78, 5) is 31.4. The number of carbonyl (C=O) groups excluding carboxylic acids is 1. The standard InChI is InChI=1S/C19H22N2O4S/c1-6-24-18(23)19(4,5)21-15(11(2)3)20-16-14(17(21)22)12(10-26-16)13-8-7-9-25-13/h7-11H,6H2,1-5H3. The largest absolute Gasteiger partial charge is 0.464 e. The molecule has 3 rings (SSSR count). The fourth-order valence-corrected chi connectivity index (χ4v) is 3.87. The highest BCUT2D eigenvalue weighted by Gasteiger charge is 2.36. The normalized spacial score (nSPS) is 12.1. The number of thiophene rings is 1. The van der Waals surface area contributed by atoms with Gasteiger partial charge in [-0.1, -0.05) is 13.8 Å². The first-order valence-corrected chi connectivity index (χ1v) is 9.42. The number of esters is 1. The van der Waals surface area contributed by atoms with E-state index in [2.05, 4.69) is 0 Å². The summed E-state index contributed by atoms with van der Waals surface area (Å²) in [6.45, 7) is 9.27. The zero-order valence-electron chi connectivity index (χ0n) is 15.5. The lowest BCUT2D eigenvalue weighted by Gasteiger charge is -2.28. The average Bonchev–Trinajstić information content (AvgIpc) is 3.23. The van der Waals surface area contributed by atoms with E-state index in [0.29, 0.717) is 27.4 Å². The number of nitrogens with zero attached hydrogens (tertiary/aromatic N) is 2. The molecule has 6 nitrogen and oxygen atoms in total. The molecule has 3 heterocycles. The first-order valence-electron chi connectivity index (χ1n) is 8.54. The molecule has 3 aromatic heterocycles. The van der Waals surface area contributed by atoms with Crippen LogP contribution in [0.5, 0.6) is 0 Å². The molecule has 0 N–H and O–H groups in total. The van der Waals surface area contributed by atoms with Gasteiger partial charge in [0, 0.05) is 16.9 Å². The van der Waals surface area contributed by atoms with Gasteiger partial charge in [0.05, 0.1) is 18.3 Å². The van der Waals surface area contributed by atoms with Gasteiger partial charge in [0.15, 0.2) is 0 Å². The number of hydrogen-bond donors (Lipinski definition) is 0. The smallest absolute Gasteiger partial charge is 0.331 e. The van der Waals surface area contributed by atoms with Crippen LogP contribution in [0.2, 0.25) is 0 Å². The lowest BCUT2D eigenvalue weighted by molar-refractivity contribution is -0.152. The van der Waals surface area contributed by atoms with Crippen LogP contribution < -0.4 is 5.56 Å². The maximum atomic E-state index is 13.5. The predicted molar refractivity (Wildman–Crippen MR) is 102 cm³/mol. The molecular formula is C19H22N2O4S. The third kappa shape index (κ3) is 2.86. The minimum Gasteiger partial charge on any atom is -0.464 e. The van der Waals surface area contributed by atoms with E-state index in [4.69, 9.17) is 14.1 Å². The summed E-state index contributed by atoms with van der Waals surface area (Å²) in [7, 11) is 0. The molecule has 26 heavy (non-hydrogen) atoms. The highest BCUT2D eigenvalue weighted by Crippen LogP contribution is 2.33. The summed E-state index contributed by atoms with van der Waals surface area (Å²) in [5, 5.41) is 2.33. The first kappa shape index (κ1) is 18.4. The molecule has 0 radical (unpaired) electrons. The van der Waals surface area contributed by atoms with Gasteiger partial charge in [0.2, 0.25) is 0 Å². The van der Waals surface area contributed by atoms with Gasteiger partial charge in [-0.15, -0.1) is 11.3 Å². The zero-order valence-corrected chi connectivity index (χ0v) is 16.3. The van der Waals surface area contributed by atoms with Crippen molar-refractivity contribution >= 4 is 27.5 Å². The third-order valence-corrected chi connectivity index (χ3v) is 5.14. The highest BCUT2D eigenvalue weighted by atomic mass is 32.1. The molecule has 3 aromatic rings. The summed E-state index contributed by atoms with van der Waals surface area (Å²) >= 11 is 1.40. The molecule has 0 aliphatic heterocycles. The first-order chi connectivity index (χ1) is 12.3. The second-order valence-corrected chi connectivity index (χ2v) is 7.71. The second-order valence-electron chi connectivity index (χ2n) is 6.85. The summed E-state index contributed by atoms with van der Waals surface area (Å²) in [6.07, 6.45) is 1.57. The van der Waals surface area contributed by atoms with Gasteiger partial charge in [-0.25, -0.2) is 9.78 Å². The van der Waals surface area contributed by atoms with Crippen LogP contribution in [-0.4, -0.2) is 22.1 Å². The molecule has 138 valence electrons. The van der Waals surface area contributed by atoms with E-state index in [0.717, 1.165) is 0 Å². The Kier molecular flexibility index (Phi) is 4.75. The topological polar surface area (TPSA) is 74.3 Å². The Labute approximate surface area is 155 Å². The molecule has 0 saturated carbocycles. The number of hydrogen-bond acceptors (Lipinski definition) is 6. The molecule has 7 heteroatoms. The fourth-order valence-electron chi connectivity index (χ4n) is 2.95. The van der Waals surface area contributed by atoms with Crippen molar-refractivity contribution in [3.63, 3.8) is 0 Å². The van der Waals surface area contributed by atoms with Crippen molar-refractivity contribution in [2.75, 3.05) is 6.61 Å². The van der Waals surface area contributed by atoms with Gasteiger partial charge in [-0.2, -0.15) is 0 Å². The lowest BCUT2D eigenvalue weighted by atomic mass is 10.0. The highest BCUT2D eigenvalue weighted by molar-refractivity contribution is 7.17. The van der Waals surface area contributed by atoms with E-state index < -0.39 is 11.5 Å². The molecule has 0 spiro atoms. The fraction of sp³-hybridized carbons (Fsp3) is 0.421. The Bertz CT molecular complexity index is 997. The van der Waals surface area contributed by atoms with Crippen molar-refractivity contribution in [1.29, 1.82) is 0 Å². The SMILES string of the molecule is CCOC(=O)C(C)(C)n1c(C(C)C)nc2scc(-c3ccco3)c2c1=O. The molecule has 0 unspecified atom stereocenters. The predicted octanol–water partition coefficient (Wildman–Crippen LogP) is 4.14. The number of aromatic nitrogens is 2. The second kappa shape index (κ2) is 6.72. The Morgan fingerprint density at radius 1 is 1.42 bits per heavy atom. The number of carbonyl (C=O) groups is 1. The van der Waals surface area contributed by atoms with Gasteiger partial charge in [0.1, 0.15) is 22.0 Å². The van der Waals surface area contributed by atoms with Gasteiger partial charge in [0.25, 0.3) is 5.56 Å². The van der Waals surface area contributed by atoms with Crippen LogP contribution in [0.25, 0.3) is 21.5 Å². The summed E-state index contributed by atoms with van der Waals surface area (Å²) < 4.78 is 12.1. The van der Waals surface area contributed by atoms with Crippen LogP contribution in [0, 0.1) is 0 Å². The monoisotopic (exact) mass is 374 g/mol. The molecule has 0 aromatic carbocycles. The molecule has 0 amide bonds. The van der Waals surface area contributed by atoms with Crippen molar-refractivity contribution in [3.05, 3.63) is 40.0 Å².